The molecule has 0 aromatic heterocycles. The summed E-state index contributed by atoms with van der Waals surface area (Å²) < 4.78 is 26.0. The number of ether oxygens (including phenoxy) is 2. The molecule has 3 atom stereocenters. The number of likely N-dealkylation sites (tertiary alicyclic amines) is 1. The Morgan fingerprint density at radius 1 is 1.26 bits per heavy atom. The lowest BCUT2D eigenvalue weighted by Crippen LogP contribution is -2.48. The average molecular weight is 435 g/mol. The van der Waals surface area contributed by atoms with Crippen molar-refractivity contribution in [2.24, 2.45) is 0 Å². The fourth-order valence-electron chi connectivity index (χ4n) is 3.95. The molecule has 2 heterocycles. The molecule has 1 aromatic carbocycles. The van der Waals surface area contributed by atoms with Gasteiger partial charge in [-0.3, -0.25) is 14.9 Å². The van der Waals surface area contributed by atoms with E-state index in [1.165, 1.54) is 6.07 Å². The number of benzene rings is 1. The van der Waals surface area contributed by atoms with Crippen LogP contribution in [-0.2, 0) is 19.1 Å². The van der Waals surface area contributed by atoms with E-state index < -0.39 is 29.5 Å². The molecule has 31 heavy (non-hydrogen) atoms. The zero-order chi connectivity index (χ0) is 22.8. The highest BCUT2D eigenvalue weighted by Crippen LogP contribution is 2.33. The van der Waals surface area contributed by atoms with Crippen LogP contribution < -0.4 is 10.6 Å². The van der Waals surface area contributed by atoms with Crippen LogP contribution in [0.2, 0.25) is 0 Å². The van der Waals surface area contributed by atoms with Gasteiger partial charge in [0.25, 0.3) is 0 Å². The van der Waals surface area contributed by atoms with Crippen molar-refractivity contribution >= 4 is 23.6 Å². The number of halogens is 1. The second-order valence-corrected chi connectivity index (χ2v) is 8.98. The molecule has 2 aliphatic rings. The minimum absolute atomic E-state index is 0.215. The van der Waals surface area contributed by atoms with Crippen molar-refractivity contribution in [3.63, 3.8) is 0 Å². The summed E-state index contributed by atoms with van der Waals surface area (Å²) in [6.07, 6.45) is 0.370. The third-order valence-corrected chi connectivity index (χ3v) is 5.49. The Labute approximate surface area is 181 Å². The summed E-state index contributed by atoms with van der Waals surface area (Å²) in [5.74, 6) is -1.33. The molecular formula is C22H30FN3O5. The molecule has 2 N–H and O–H groups in total. The Bertz CT molecular complexity index is 854. The monoisotopic (exact) mass is 435 g/mol. The molecule has 2 fully saturated rings. The number of hydrogen-bond donors (Lipinski definition) is 2. The number of piperidine rings is 2. The molecular weight excluding hydrogens is 405 g/mol. The topological polar surface area (TPSA) is 97.0 Å². The first kappa shape index (κ1) is 23.0. The SMILES string of the molecule is CO[C@@H]1CN(C(=O)OC(C)(C)C)CC[C@H]1c1ccc(N[C@@H]2CCC(=O)NC2=O)cc1F. The molecule has 0 spiro atoms. The second kappa shape index (κ2) is 9.21. The molecule has 2 aliphatic heterocycles. The number of carbonyl (C=O) groups excluding carboxylic acids is 3. The van der Waals surface area contributed by atoms with Gasteiger partial charge >= 0.3 is 6.09 Å². The Balaban J connectivity index is 1.67. The van der Waals surface area contributed by atoms with E-state index in [1.807, 2.05) is 20.8 Å². The van der Waals surface area contributed by atoms with Crippen molar-refractivity contribution in [1.82, 2.24) is 10.2 Å². The summed E-state index contributed by atoms with van der Waals surface area (Å²) in [6, 6.07) is 4.18. The largest absolute Gasteiger partial charge is 0.444 e. The van der Waals surface area contributed by atoms with E-state index in [2.05, 4.69) is 10.6 Å². The van der Waals surface area contributed by atoms with Crippen LogP contribution >= 0.6 is 0 Å². The number of anilines is 1. The number of carbonyl (C=O) groups is 3. The molecule has 3 rings (SSSR count). The summed E-state index contributed by atoms with van der Waals surface area (Å²) >= 11 is 0. The van der Waals surface area contributed by atoms with Crippen LogP contribution in [0.4, 0.5) is 14.9 Å². The number of hydrogen-bond acceptors (Lipinski definition) is 6. The molecule has 2 saturated heterocycles. The number of nitrogens with zero attached hydrogens (tertiary/aromatic N) is 1. The van der Waals surface area contributed by atoms with Gasteiger partial charge in [0.1, 0.15) is 17.5 Å². The van der Waals surface area contributed by atoms with Crippen LogP contribution in [0, 0.1) is 5.82 Å². The van der Waals surface area contributed by atoms with E-state index in [0.717, 1.165) is 0 Å². The fourth-order valence-corrected chi connectivity index (χ4v) is 3.95. The molecule has 9 heteroatoms. The van der Waals surface area contributed by atoms with Crippen molar-refractivity contribution in [1.29, 1.82) is 0 Å². The number of imide groups is 1. The van der Waals surface area contributed by atoms with E-state index >= 15 is 0 Å². The number of amides is 3. The maximum atomic E-state index is 15.0. The lowest BCUT2D eigenvalue weighted by atomic mass is 9.86. The summed E-state index contributed by atoms with van der Waals surface area (Å²) in [7, 11) is 1.55. The van der Waals surface area contributed by atoms with Gasteiger partial charge in [0.15, 0.2) is 0 Å². The van der Waals surface area contributed by atoms with Crippen molar-refractivity contribution < 1.29 is 28.2 Å². The first-order valence-electron chi connectivity index (χ1n) is 10.5. The number of rotatable bonds is 4. The predicted octanol–water partition coefficient (Wildman–Crippen LogP) is 2.78. The quantitative estimate of drug-likeness (QED) is 0.706. The van der Waals surface area contributed by atoms with Gasteiger partial charge in [0.2, 0.25) is 11.8 Å². The molecule has 3 amide bonds. The van der Waals surface area contributed by atoms with Gasteiger partial charge < -0.3 is 19.7 Å². The number of methoxy groups -OCH3 is 1. The van der Waals surface area contributed by atoms with Crippen molar-refractivity contribution in [3.8, 4) is 0 Å². The average Bonchev–Trinajstić information content (AvgIpc) is 2.68. The Morgan fingerprint density at radius 2 is 2.00 bits per heavy atom. The van der Waals surface area contributed by atoms with Crippen LogP contribution in [0.25, 0.3) is 0 Å². The Kier molecular flexibility index (Phi) is 6.83. The standard InChI is InChI=1S/C22H30FN3O5/c1-22(2,3)31-21(29)26-10-9-15(18(12-26)30-4)14-6-5-13(11-16(14)23)24-17-7-8-19(27)25-20(17)28/h5-6,11,15,17-18,24H,7-10,12H2,1-4H3,(H,25,27,28)/t15-,17+,18+/m0/s1. The highest BCUT2D eigenvalue weighted by molar-refractivity contribution is 6.01. The maximum Gasteiger partial charge on any atom is 0.410 e. The summed E-state index contributed by atoms with van der Waals surface area (Å²) in [6.45, 7) is 6.18. The molecule has 8 nitrogen and oxygen atoms in total. The van der Waals surface area contributed by atoms with Crippen LogP contribution in [0.1, 0.15) is 51.5 Å². The minimum Gasteiger partial charge on any atom is -0.444 e. The van der Waals surface area contributed by atoms with E-state index in [9.17, 15) is 18.8 Å². The summed E-state index contributed by atoms with van der Waals surface area (Å²) in [5.41, 5.74) is 0.383. The second-order valence-electron chi connectivity index (χ2n) is 8.98. The maximum absolute atomic E-state index is 15.0. The van der Waals surface area contributed by atoms with Gasteiger partial charge in [-0.05, 0) is 51.3 Å². The normalized spacial score (nSPS) is 24.5. The van der Waals surface area contributed by atoms with Crippen LogP contribution in [-0.4, -0.2) is 60.8 Å². The van der Waals surface area contributed by atoms with Crippen LogP contribution in [0.15, 0.2) is 18.2 Å². The Hall–Kier alpha value is -2.68. The predicted molar refractivity (Wildman–Crippen MR) is 112 cm³/mol. The number of nitrogens with one attached hydrogen (secondary N) is 2. The van der Waals surface area contributed by atoms with Gasteiger partial charge in [-0.25, -0.2) is 9.18 Å². The smallest absolute Gasteiger partial charge is 0.410 e. The van der Waals surface area contributed by atoms with Crippen molar-refractivity contribution in [2.75, 3.05) is 25.5 Å². The summed E-state index contributed by atoms with van der Waals surface area (Å²) in [4.78, 5) is 37.2. The molecule has 0 saturated carbocycles. The lowest BCUT2D eigenvalue weighted by Gasteiger charge is -2.38. The molecule has 0 unspecified atom stereocenters. The van der Waals surface area contributed by atoms with Gasteiger partial charge in [-0.15, -0.1) is 0 Å². The van der Waals surface area contributed by atoms with Gasteiger partial charge in [0, 0.05) is 31.7 Å². The minimum atomic E-state index is -0.589. The first-order chi connectivity index (χ1) is 14.6. The molecule has 1 aromatic rings. The lowest BCUT2D eigenvalue weighted by molar-refractivity contribution is -0.133. The highest BCUT2D eigenvalue weighted by Gasteiger charge is 2.36. The van der Waals surface area contributed by atoms with Crippen LogP contribution in [0.3, 0.4) is 0 Å². The molecule has 170 valence electrons. The van der Waals surface area contributed by atoms with Gasteiger partial charge in [0.05, 0.1) is 12.6 Å². The highest BCUT2D eigenvalue weighted by atomic mass is 19.1. The molecule has 0 aliphatic carbocycles. The zero-order valence-corrected chi connectivity index (χ0v) is 18.4. The summed E-state index contributed by atoms with van der Waals surface area (Å²) in [5, 5.41) is 5.26. The third kappa shape index (κ3) is 5.72. The van der Waals surface area contributed by atoms with Crippen LogP contribution in [0.5, 0.6) is 0 Å². The fraction of sp³-hybridized carbons (Fsp3) is 0.591. The molecule has 0 bridgehead atoms. The van der Waals surface area contributed by atoms with E-state index in [4.69, 9.17) is 9.47 Å². The molecule has 0 radical (unpaired) electrons. The van der Waals surface area contributed by atoms with E-state index in [1.54, 1.807) is 24.1 Å². The third-order valence-electron chi connectivity index (χ3n) is 5.49. The Morgan fingerprint density at radius 3 is 2.61 bits per heavy atom. The van der Waals surface area contributed by atoms with Crippen molar-refractivity contribution in [2.45, 2.75) is 63.7 Å². The zero-order valence-electron chi connectivity index (χ0n) is 18.4. The van der Waals surface area contributed by atoms with Crippen molar-refractivity contribution in [3.05, 3.63) is 29.6 Å². The first-order valence-corrected chi connectivity index (χ1v) is 10.5. The van der Waals surface area contributed by atoms with Gasteiger partial charge in [-0.2, -0.15) is 0 Å². The van der Waals surface area contributed by atoms with E-state index in [0.29, 0.717) is 37.2 Å². The van der Waals surface area contributed by atoms with Gasteiger partial charge in [-0.1, -0.05) is 6.07 Å². The van der Waals surface area contributed by atoms with E-state index in [-0.39, 0.29) is 24.3 Å².